The maximum atomic E-state index is 12.3. The monoisotopic (exact) mass is 438 g/mol. The van der Waals surface area contributed by atoms with Gasteiger partial charge in [0, 0.05) is 22.7 Å². The van der Waals surface area contributed by atoms with Gasteiger partial charge in [-0.2, -0.15) is 10.1 Å². The van der Waals surface area contributed by atoms with Crippen LogP contribution in [0.5, 0.6) is 0 Å². The minimum atomic E-state index is -1.22. The number of para-hydroxylation sites is 1. The zero-order chi connectivity index (χ0) is 22.2. The molecule has 3 amide bonds. The fraction of sp³-hybridized carbons (Fsp3) is 0.0952. The molecule has 10 heteroatoms. The Labute approximate surface area is 181 Å². The molecule has 0 spiro atoms. The first-order valence-electron chi connectivity index (χ1n) is 9.11. The van der Waals surface area contributed by atoms with Crippen molar-refractivity contribution in [1.82, 2.24) is 5.32 Å². The first kappa shape index (κ1) is 21.8. The SMILES string of the molecule is O=C(O)/C=C/C(=O)Nc1cccc(SCC(=O)NC2=NN(c3ccccc3)C(=O)C2)c1. The number of nitrogens with zero attached hydrogens (tertiary/aromatic N) is 2. The van der Waals surface area contributed by atoms with Crippen molar-refractivity contribution in [2.45, 2.75) is 11.3 Å². The molecule has 3 rings (SSSR count). The van der Waals surface area contributed by atoms with Crippen LogP contribution >= 0.6 is 11.8 Å². The Morgan fingerprint density at radius 2 is 1.84 bits per heavy atom. The molecule has 0 saturated heterocycles. The van der Waals surface area contributed by atoms with Gasteiger partial charge in [-0.3, -0.25) is 14.4 Å². The standard InChI is InChI=1S/C21H18N4O5S/c26-18(9-10-21(29)30)22-14-5-4-8-16(11-14)31-13-19(27)23-17-12-20(28)25(24-17)15-6-2-1-3-7-15/h1-11H,12-13H2,(H,22,26)(H,29,30)(H,23,24,27)/b10-9+. The number of hydrazone groups is 1. The number of aliphatic carboxylic acids is 1. The Morgan fingerprint density at radius 3 is 2.58 bits per heavy atom. The number of hydrogen-bond acceptors (Lipinski definition) is 6. The van der Waals surface area contributed by atoms with E-state index in [1.54, 1.807) is 48.5 Å². The van der Waals surface area contributed by atoms with Crippen molar-refractivity contribution in [2.75, 3.05) is 16.1 Å². The van der Waals surface area contributed by atoms with E-state index in [1.165, 1.54) is 16.8 Å². The summed E-state index contributed by atoms with van der Waals surface area (Å²) in [5, 5.41) is 19.2. The summed E-state index contributed by atoms with van der Waals surface area (Å²) in [6, 6.07) is 15.7. The van der Waals surface area contributed by atoms with E-state index in [0.717, 1.165) is 17.0 Å². The normalized spacial score (nSPS) is 13.2. The highest BCUT2D eigenvalue weighted by atomic mass is 32.2. The Hall–Kier alpha value is -3.92. The molecule has 0 saturated carbocycles. The smallest absolute Gasteiger partial charge is 0.328 e. The van der Waals surface area contributed by atoms with Crippen LogP contribution < -0.4 is 15.6 Å². The van der Waals surface area contributed by atoms with Gasteiger partial charge in [-0.05, 0) is 30.3 Å². The summed E-state index contributed by atoms with van der Waals surface area (Å²) < 4.78 is 0. The van der Waals surface area contributed by atoms with Crippen LogP contribution in [0.1, 0.15) is 6.42 Å². The van der Waals surface area contributed by atoms with Crippen LogP contribution in [-0.2, 0) is 19.2 Å². The first-order chi connectivity index (χ1) is 14.9. The number of amides is 3. The third kappa shape index (κ3) is 6.54. The molecule has 158 valence electrons. The van der Waals surface area contributed by atoms with Gasteiger partial charge >= 0.3 is 5.97 Å². The van der Waals surface area contributed by atoms with Gasteiger partial charge in [0.25, 0.3) is 5.91 Å². The molecule has 1 aliphatic rings. The number of thioether (sulfide) groups is 1. The molecule has 2 aromatic rings. The van der Waals surface area contributed by atoms with Crippen molar-refractivity contribution in [3.63, 3.8) is 0 Å². The Kier molecular flexibility index (Phi) is 7.17. The van der Waals surface area contributed by atoms with Crippen LogP contribution in [0.15, 0.2) is 76.7 Å². The molecular weight excluding hydrogens is 420 g/mol. The second-order valence-electron chi connectivity index (χ2n) is 6.29. The van der Waals surface area contributed by atoms with Crippen LogP contribution in [0.2, 0.25) is 0 Å². The minimum absolute atomic E-state index is 0.0106. The summed E-state index contributed by atoms with van der Waals surface area (Å²) in [6.45, 7) is 0. The third-order valence-electron chi connectivity index (χ3n) is 3.91. The zero-order valence-corrected chi connectivity index (χ0v) is 17.0. The number of carboxylic acid groups (broad SMARTS) is 1. The molecule has 3 N–H and O–H groups in total. The minimum Gasteiger partial charge on any atom is -0.478 e. The van der Waals surface area contributed by atoms with Gasteiger partial charge in [-0.15, -0.1) is 11.8 Å². The highest BCUT2D eigenvalue weighted by molar-refractivity contribution is 8.00. The van der Waals surface area contributed by atoms with Gasteiger partial charge in [0.05, 0.1) is 17.9 Å². The number of hydrogen-bond donors (Lipinski definition) is 3. The molecule has 2 aromatic carbocycles. The van der Waals surface area contributed by atoms with Gasteiger partial charge in [0.2, 0.25) is 11.8 Å². The van der Waals surface area contributed by atoms with Gasteiger partial charge in [-0.1, -0.05) is 24.3 Å². The second kappa shape index (κ2) is 10.2. The number of rotatable bonds is 7. The molecule has 0 bridgehead atoms. The van der Waals surface area contributed by atoms with E-state index in [-0.39, 0.29) is 29.8 Å². The topological polar surface area (TPSA) is 128 Å². The van der Waals surface area contributed by atoms with Crippen LogP contribution in [0.3, 0.4) is 0 Å². The largest absolute Gasteiger partial charge is 0.478 e. The predicted octanol–water partition coefficient (Wildman–Crippen LogP) is 2.22. The number of nitrogens with one attached hydrogen (secondary N) is 2. The summed E-state index contributed by atoms with van der Waals surface area (Å²) in [5.74, 6) is -1.97. The van der Waals surface area contributed by atoms with E-state index in [4.69, 9.17) is 5.11 Å². The Balaban J connectivity index is 1.52. The Bertz CT molecular complexity index is 1070. The molecule has 9 nitrogen and oxygen atoms in total. The zero-order valence-electron chi connectivity index (χ0n) is 16.1. The lowest BCUT2D eigenvalue weighted by Crippen LogP contribution is -2.31. The number of carboxylic acids is 1. The Morgan fingerprint density at radius 1 is 1.06 bits per heavy atom. The van der Waals surface area contributed by atoms with E-state index in [9.17, 15) is 19.2 Å². The molecule has 0 aromatic heterocycles. The first-order valence-corrected chi connectivity index (χ1v) is 10.1. The molecule has 31 heavy (non-hydrogen) atoms. The van der Waals surface area contributed by atoms with E-state index >= 15 is 0 Å². The summed E-state index contributed by atoms with van der Waals surface area (Å²) in [7, 11) is 0. The lowest BCUT2D eigenvalue weighted by Gasteiger charge is -2.10. The number of benzene rings is 2. The number of carbonyl (C=O) groups is 4. The maximum Gasteiger partial charge on any atom is 0.328 e. The van der Waals surface area contributed by atoms with Gasteiger partial charge in [0.15, 0.2) is 0 Å². The van der Waals surface area contributed by atoms with Crippen LogP contribution in [0, 0.1) is 0 Å². The van der Waals surface area contributed by atoms with E-state index in [1.807, 2.05) is 6.07 Å². The van der Waals surface area contributed by atoms with Gasteiger partial charge in [-0.25, -0.2) is 4.79 Å². The van der Waals surface area contributed by atoms with Crippen molar-refractivity contribution >= 4 is 52.7 Å². The molecule has 0 fully saturated rings. The molecule has 0 unspecified atom stereocenters. The van der Waals surface area contributed by atoms with Crippen LogP contribution in [0.25, 0.3) is 0 Å². The molecular formula is C21H18N4O5S. The van der Waals surface area contributed by atoms with Crippen molar-refractivity contribution in [3.8, 4) is 0 Å². The van der Waals surface area contributed by atoms with Crippen molar-refractivity contribution in [1.29, 1.82) is 0 Å². The lowest BCUT2D eigenvalue weighted by molar-refractivity contribution is -0.131. The summed E-state index contributed by atoms with van der Waals surface area (Å²) in [4.78, 5) is 47.2. The fourth-order valence-electron chi connectivity index (χ4n) is 2.61. The lowest BCUT2D eigenvalue weighted by atomic mass is 10.3. The molecule has 1 aliphatic heterocycles. The number of anilines is 2. The second-order valence-corrected chi connectivity index (χ2v) is 7.34. The van der Waals surface area contributed by atoms with Crippen LogP contribution in [0.4, 0.5) is 11.4 Å². The highest BCUT2D eigenvalue weighted by Crippen LogP contribution is 2.22. The average molecular weight is 438 g/mol. The third-order valence-corrected chi connectivity index (χ3v) is 4.90. The summed E-state index contributed by atoms with van der Waals surface area (Å²) in [6.07, 6.45) is 1.67. The quantitative estimate of drug-likeness (QED) is 0.449. The van der Waals surface area contributed by atoms with Gasteiger partial charge < -0.3 is 15.7 Å². The highest BCUT2D eigenvalue weighted by Gasteiger charge is 2.26. The van der Waals surface area contributed by atoms with Crippen molar-refractivity contribution in [2.24, 2.45) is 5.10 Å². The van der Waals surface area contributed by atoms with Crippen LogP contribution in [-0.4, -0.2) is 40.4 Å². The number of amidine groups is 1. The molecule has 0 atom stereocenters. The van der Waals surface area contributed by atoms with Crippen molar-refractivity contribution < 1.29 is 24.3 Å². The van der Waals surface area contributed by atoms with Crippen molar-refractivity contribution in [3.05, 3.63) is 66.7 Å². The maximum absolute atomic E-state index is 12.3. The molecule has 0 radical (unpaired) electrons. The fourth-order valence-corrected chi connectivity index (χ4v) is 3.37. The summed E-state index contributed by atoms with van der Waals surface area (Å²) in [5.41, 5.74) is 1.10. The molecule has 0 aliphatic carbocycles. The molecule has 1 heterocycles. The predicted molar refractivity (Wildman–Crippen MR) is 117 cm³/mol. The average Bonchev–Trinajstić information content (AvgIpc) is 3.11. The van der Waals surface area contributed by atoms with E-state index < -0.39 is 11.9 Å². The van der Waals surface area contributed by atoms with E-state index in [0.29, 0.717) is 11.4 Å². The number of carbonyl (C=O) groups excluding carboxylic acids is 3. The summed E-state index contributed by atoms with van der Waals surface area (Å²) >= 11 is 1.24. The van der Waals surface area contributed by atoms with E-state index in [2.05, 4.69) is 15.7 Å². The van der Waals surface area contributed by atoms with Gasteiger partial charge in [0.1, 0.15) is 5.84 Å².